The molecule has 3 aromatic rings. The molecule has 0 atom stereocenters. The van der Waals surface area contributed by atoms with Gasteiger partial charge in [0, 0.05) is 19.2 Å². The van der Waals surface area contributed by atoms with E-state index in [-0.39, 0.29) is 17.4 Å². The molecule has 1 heterocycles. The van der Waals surface area contributed by atoms with Crippen LogP contribution in [0.4, 0.5) is 8.78 Å². The van der Waals surface area contributed by atoms with Crippen molar-refractivity contribution in [1.82, 2.24) is 20.1 Å². The molecule has 28 heavy (non-hydrogen) atoms. The number of halogens is 2. The molecule has 0 aliphatic heterocycles. The molecular weight excluding hydrogens is 386 g/mol. The van der Waals surface area contributed by atoms with Crippen molar-refractivity contribution in [1.29, 1.82) is 0 Å². The Bertz CT molecular complexity index is 917. The van der Waals surface area contributed by atoms with Crippen molar-refractivity contribution in [3.8, 4) is 17.1 Å². The quantitative estimate of drug-likeness (QED) is 0.582. The molecule has 0 saturated carbocycles. The lowest BCUT2D eigenvalue weighted by Gasteiger charge is -2.07. The van der Waals surface area contributed by atoms with E-state index in [1.807, 2.05) is 30.3 Å². The van der Waals surface area contributed by atoms with Crippen molar-refractivity contribution in [2.24, 2.45) is 7.05 Å². The summed E-state index contributed by atoms with van der Waals surface area (Å²) in [5.41, 5.74) is 1.73. The molecule has 0 spiro atoms. The third-order valence-electron chi connectivity index (χ3n) is 3.84. The summed E-state index contributed by atoms with van der Waals surface area (Å²) in [6.07, 6.45) is 0. The Morgan fingerprint density at radius 2 is 1.86 bits per heavy atom. The van der Waals surface area contributed by atoms with E-state index in [1.165, 1.54) is 23.9 Å². The van der Waals surface area contributed by atoms with Gasteiger partial charge < -0.3 is 14.6 Å². The molecule has 9 heteroatoms. The molecule has 0 unspecified atom stereocenters. The van der Waals surface area contributed by atoms with Crippen molar-refractivity contribution < 1.29 is 18.3 Å². The summed E-state index contributed by atoms with van der Waals surface area (Å²) in [7, 11) is 1.78. The zero-order valence-corrected chi connectivity index (χ0v) is 15.8. The minimum Gasteiger partial charge on any atom is -0.435 e. The fourth-order valence-electron chi connectivity index (χ4n) is 2.46. The van der Waals surface area contributed by atoms with Gasteiger partial charge in [0.2, 0.25) is 5.91 Å². The number of alkyl halides is 2. The van der Waals surface area contributed by atoms with Crippen LogP contribution in [0.25, 0.3) is 11.4 Å². The zero-order chi connectivity index (χ0) is 19.9. The van der Waals surface area contributed by atoms with Crippen LogP contribution in [0.5, 0.6) is 5.75 Å². The fraction of sp³-hybridized carbons (Fsp3) is 0.211. The molecule has 146 valence electrons. The second-order valence-corrected chi connectivity index (χ2v) is 6.76. The smallest absolute Gasteiger partial charge is 0.387 e. The average molecular weight is 404 g/mol. The summed E-state index contributed by atoms with van der Waals surface area (Å²) in [4.78, 5) is 12.0. The van der Waals surface area contributed by atoms with Gasteiger partial charge in [0.25, 0.3) is 0 Å². The second kappa shape index (κ2) is 9.32. The van der Waals surface area contributed by atoms with Crippen LogP contribution in [0.3, 0.4) is 0 Å². The molecule has 0 aliphatic carbocycles. The van der Waals surface area contributed by atoms with E-state index in [4.69, 9.17) is 0 Å². The molecule has 0 fully saturated rings. The topological polar surface area (TPSA) is 69.0 Å². The third kappa shape index (κ3) is 5.29. The van der Waals surface area contributed by atoms with E-state index in [1.54, 1.807) is 23.7 Å². The highest BCUT2D eigenvalue weighted by Gasteiger charge is 2.13. The fourth-order valence-corrected chi connectivity index (χ4v) is 3.20. The monoisotopic (exact) mass is 404 g/mol. The first kappa shape index (κ1) is 19.8. The number of benzene rings is 2. The summed E-state index contributed by atoms with van der Waals surface area (Å²) >= 11 is 1.27. The molecular formula is C19H18F2N4O2S. The SMILES string of the molecule is Cn1c(SCC(=O)NCc2ccccc2)nnc1-c1ccc(OC(F)F)cc1. The lowest BCUT2D eigenvalue weighted by atomic mass is 10.2. The third-order valence-corrected chi connectivity index (χ3v) is 4.86. The standard InChI is InChI=1S/C19H18F2N4O2S/c1-25-17(14-7-9-15(10-8-14)27-18(20)21)23-24-19(25)28-12-16(26)22-11-13-5-3-2-4-6-13/h2-10,18H,11-12H2,1H3,(H,22,26). The van der Waals surface area contributed by atoms with Crippen molar-refractivity contribution in [2.45, 2.75) is 18.3 Å². The Morgan fingerprint density at radius 1 is 1.14 bits per heavy atom. The van der Waals surface area contributed by atoms with Gasteiger partial charge in [0.05, 0.1) is 5.75 Å². The maximum atomic E-state index is 12.2. The second-order valence-electron chi connectivity index (χ2n) is 5.82. The number of carbonyl (C=O) groups is 1. The summed E-state index contributed by atoms with van der Waals surface area (Å²) in [6, 6.07) is 15.8. The van der Waals surface area contributed by atoms with Gasteiger partial charge in [-0.3, -0.25) is 4.79 Å². The Kier molecular flexibility index (Phi) is 6.59. The van der Waals surface area contributed by atoms with E-state index in [0.29, 0.717) is 23.1 Å². The van der Waals surface area contributed by atoms with Crippen molar-refractivity contribution in [3.05, 3.63) is 60.2 Å². The molecule has 1 amide bonds. The van der Waals surface area contributed by atoms with Crippen LogP contribution in [0, 0.1) is 0 Å². The molecule has 3 rings (SSSR count). The van der Waals surface area contributed by atoms with Gasteiger partial charge in [-0.1, -0.05) is 42.1 Å². The number of thioether (sulfide) groups is 1. The summed E-state index contributed by atoms with van der Waals surface area (Å²) in [5.74, 6) is 0.744. The highest BCUT2D eigenvalue weighted by Crippen LogP contribution is 2.25. The first-order valence-electron chi connectivity index (χ1n) is 8.41. The predicted molar refractivity (Wildman–Crippen MR) is 102 cm³/mol. The highest BCUT2D eigenvalue weighted by atomic mass is 32.2. The van der Waals surface area contributed by atoms with Gasteiger partial charge in [-0.2, -0.15) is 8.78 Å². The van der Waals surface area contributed by atoms with Crippen molar-refractivity contribution in [3.63, 3.8) is 0 Å². The lowest BCUT2D eigenvalue weighted by molar-refractivity contribution is -0.118. The van der Waals surface area contributed by atoms with E-state index in [0.717, 1.165) is 5.56 Å². The molecule has 2 aromatic carbocycles. The van der Waals surface area contributed by atoms with Gasteiger partial charge in [0.15, 0.2) is 11.0 Å². The molecule has 1 N–H and O–H groups in total. The van der Waals surface area contributed by atoms with Crippen LogP contribution in [0.2, 0.25) is 0 Å². The minimum atomic E-state index is -2.86. The first-order valence-corrected chi connectivity index (χ1v) is 9.39. The molecule has 1 aromatic heterocycles. The Hall–Kier alpha value is -2.94. The Labute approximate surface area is 164 Å². The predicted octanol–water partition coefficient (Wildman–Crippen LogP) is 3.49. The van der Waals surface area contributed by atoms with Gasteiger partial charge in [0.1, 0.15) is 5.75 Å². The van der Waals surface area contributed by atoms with Crippen molar-refractivity contribution in [2.75, 3.05) is 5.75 Å². The van der Waals surface area contributed by atoms with Gasteiger partial charge in [-0.05, 0) is 29.8 Å². The summed E-state index contributed by atoms with van der Waals surface area (Å²) in [6.45, 7) is -2.39. The molecule has 0 radical (unpaired) electrons. The summed E-state index contributed by atoms with van der Waals surface area (Å²) < 4.78 is 30.5. The van der Waals surface area contributed by atoms with E-state index in [2.05, 4.69) is 20.3 Å². The number of carbonyl (C=O) groups excluding carboxylic acids is 1. The van der Waals surface area contributed by atoms with Crippen LogP contribution in [0.1, 0.15) is 5.56 Å². The Balaban J connectivity index is 1.56. The zero-order valence-electron chi connectivity index (χ0n) is 15.0. The molecule has 0 bridgehead atoms. The number of rotatable bonds is 8. The van der Waals surface area contributed by atoms with Gasteiger partial charge in [-0.25, -0.2) is 0 Å². The van der Waals surface area contributed by atoms with Crippen LogP contribution < -0.4 is 10.1 Å². The molecule has 0 aliphatic rings. The van der Waals surface area contributed by atoms with Crippen LogP contribution >= 0.6 is 11.8 Å². The number of aromatic nitrogens is 3. The molecule has 0 saturated heterocycles. The number of hydrogen-bond acceptors (Lipinski definition) is 5. The maximum absolute atomic E-state index is 12.2. The lowest BCUT2D eigenvalue weighted by Crippen LogP contribution is -2.24. The number of ether oxygens (including phenoxy) is 1. The Morgan fingerprint density at radius 3 is 2.54 bits per heavy atom. The van der Waals surface area contributed by atoms with Crippen LogP contribution in [-0.2, 0) is 18.4 Å². The molecule has 6 nitrogen and oxygen atoms in total. The normalized spacial score (nSPS) is 10.9. The number of nitrogens with zero attached hydrogens (tertiary/aromatic N) is 3. The summed E-state index contributed by atoms with van der Waals surface area (Å²) in [5, 5.41) is 11.7. The minimum absolute atomic E-state index is 0.0746. The van der Waals surface area contributed by atoms with Gasteiger partial charge in [-0.15, -0.1) is 10.2 Å². The first-order chi connectivity index (χ1) is 13.5. The van der Waals surface area contributed by atoms with Crippen molar-refractivity contribution >= 4 is 17.7 Å². The van der Waals surface area contributed by atoms with E-state index < -0.39 is 6.61 Å². The van der Waals surface area contributed by atoms with Crippen LogP contribution in [0.15, 0.2) is 59.8 Å². The number of hydrogen-bond donors (Lipinski definition) is 1. The average Bonchev–Trinajstić information content (AvgIpc) is 3.06. The van der Waals surface area contributed by atoms with Crippen LogP contribution in [-0.4, -0.2) is 33.0 Å². The largest absolute Gasteiger partial charge is 0.435 e. The van der Waals surface area contributed by atoms with Gasteiger partial charge >= 0.3 is 6.61 Å². The van der Waals surface area contributed by atoms with E-state index >= 15 is 0 Å². The highest BCUT2D eigenvalue weighted by molar-refractivity contribution is 7.99. The number of amides is 1. The number of nitrogens with one attached hydrogen (secondary N) is 1. The van der Waals surface area contributed by atoms with E-state index in [9.17, 15) is 13.6 Å². The maximum Gasteiger partial charge on any atom is 0.387 e.